The highest BCUT2D eigenvalue weighted by molar-refractivity contribution is 5.31. The lowest BCUT2D eigenvalue weighted by Crippen LogP contribution is -2.37. The van der Waals surface area contributed by atoms with Gasteiger partial charge in [0.05, 0.1) is 6.54 Å². The maximum Gasteiger partial charge on any atom is 0.261 e. The van der Waals surface area contributed by atoms with Crippen LogP contribution in [0.5, 0.6) is 0 Å². The Morgan fingerprint density at radius 2 is 0.875 bits per heavy atom. The molecule has 0 radical (unpaired) electrons. The first-order chi connectivity index (χ1) is 19.9. The number of aromatic nitrogens is 2. The van der Waals surface area contributed by atoms with Crippen molar-refractivity contribution in [1.82, 2.24) is 4.57 Å². The number of unbranched alkanes of at least 4 members (excludes halogenated alkanes) is 23. The average molecular weight is 552 g/mol. The molecule has 1 aromatic carbocycles. The minimum atomic E-state index is 1.17. The fraction of sp³-hybridized carbons (Fsp3) is 0.763. The Morgan fingerprint density at radius 1 is 0.475 bits per heavy atom. The van der Waals surface area contributed by atoms with E-state index in [1.165, 1.54) is 185 Å². The summed E-state index contributed by atoms with van der Waals surface area (Å²) in [6.07, 6.45) is 41.3. The van der Waals surface area contributed by atoms with Crippen molar-refractivity contribution in [2.45, 2.75) is 187 Å². The molecule has 0 aliphatic heterocycles. The summed E-state index contributed by atoms with van der Waals surface area (Å²) in [6.45, 7) is 5.78. The lowest BCUT2D eigenvalue weighted by molar-refractivity contribution is -0.704. The predicted molar refractivity (Wildman–Crippen MR) is 176 cm³/mol. The van der Waals surface area contributed by atoms with Crippen molar-refractivity contribution in [3.63, 3.8) is 0 Å². The van der Waals surface area contributed by atoms with Crippen LogP contribution in [0.15, 0.2) is 42.7 Å². The Bertz CT molecular complexity index is 793. The second kappa shape index (κ2) is 25.2. The number of benzene rings is 1. The first kappa shape index (κ1) is 34.6. The molecule has 2 heteroatoms. The molecule has 0 bridgehead atoms. The number of para-hydroxylation sites is 1. The number of hydrogen-bond acceptors (Lipinski definition) is 0. The van der Waals surface area contributed by atoms with E-state index in [0.717, 1.165) is 0 Å². The first-order valence-electron chi connectivity index (χ1n) is 18.0. The maximum atomic E-state index is 2.56. The summed E-state index contributed by atoms with van der Waals surface area (Å²) in [7, 11) is 0. The lowest BCUT2D eigenvalue weighted by Gasteiger charge is -2.07. The largest absolute Gasteiger partial charge is 0.261 e. The van der Waals surface area contributed by atoms with Gasteiger partial charge < -0.3 is 0 Å². The van der Waals surface area contributed by atoms with Gasteiger partial charge in [0, 0.05) is 6.42 Å². The monoisotopic (exact) mass is 552 g/mol. The first-order valence-corrected chi connectivity index (χ1v) is 18.0. The minimum absolute atomic E-state index is 1.17. The van der Waals surface area contributed by atoms with Gasteiger partial charge in [0.2, 0.25) is 0 Å². The predicted octanol–water partition coefficient (Wildman–Crippen LogP) is 12.1. The van der Waals surface area contributed by atoms with E-state index >= 15 is 0 Å². The molecule has 0 amide bonds. The fourth-order valence-corrected chi connectivity index (χ4v) is 6.17. The van der Waals surface area contributed by atoms with Crippen LogP contribution in [0.1, 0.15) is 180 Å². The lowest BCUT2D eigenvalue weighted by atomic mass is 10.0. The van der Waals surface area contributed by atoms with Crippen LogP contribution in [0.3, 0.4) is 0 Å². The highest BCUT2D eigenvalue weighted by Gasteiger charge is 2.18. The summed E-state index contributed by atoms with van der Waals surface area (Å²) < 4.78 is 5.00. The van der Waals surface area contributed by atoms with Gasteiger partial charge in [0.1, 0.15) is 18.1 Å². The second-order valence-corrected chi connectivity index (χ2v) is 12.5. The van der Waals surface area contributed by atoms with E-state index in [2.05, 4.69) is 65.7 Å². The quantitative estimate of drug-likeness (QED) is 0.0734. The highest BCUT2D eigenvalue weighted by atomic mass is 15.1. The Labute approximate surface area is 250 Å². The SMILES string of the molecule is CCCCCCCCCCCCCCCCCc1n(-c2ccccc2)cc[n+]1CCCCCCCCCCCC. The molecular formula is C38H67N2+. The summed E-state index contributed by atoms with van der Waals surface area (Å²) in [5, 5.41) is 0. The van der Waals surface area contributed by atoms with Crippen LogP contribution in [0, 0.1) is 0 Å². The summed E-state index contributed by atoms with van der Waals surface area (Å²) in [4.78, 5) is 0. The van der Waals surface area contributed by atoms with Crippen LogP contribution < -0.4 is 4.57 Å². The zero-order valence-corrected chi connectivity index (χ0v) is 27.0. The smallest absolute Gasteiger partial charge is 0.234 e. The fourth-order valence-electron chi connectivity index (χ4n) is 6.17. The highest BCUT2D eigenvalue weighted by Crippen LogP contribution is 2.16. The summed E-state index contributed by atoms with van der Waals surface area (Å²) >= 11 is 0. The molecule has 0 spiro atoms. The van der Waals surface area contributed by atoms with Crippen LogP contribution in [-0.2, 0) is 13.0 Å². The van der Waals surface area contributed by atoms with Gasteiger partial charge in [0.15, 0.2) is 0 Å². The molecule has 2 nitrogen and oxygen atoms in total. The molecule has 1 heterocycles. The molecule has 2 rings (SSSR count). The number of rotatable bonds is 28. The van der Waals surface area contributed by atoms with Crippen LogP contribution in [0.2, 0.25) is 0 Å². The van der Waals surface area contributed by atoms with Gasteiger partial charge in [-0.2, -0.15) is 4.57 Å². The topological polar surface area (TPSA) is 8.81 Å². The summed E-state index contributed by atoms with van der Waals surface area (Å²) in [6, 6.07) is 11.0. The van der Waals surface area contributed by atoms with E-state index in [1.54, 1.807) is 0 Å². The van der Waals surface area contributed by atoms with Gasteiger partial charge in [-0.25, -0.2) is 4.57 Å². The number of imidazole rings is 1. The number of hydrogen-bond donors (Lipinski definition) is 0. The molecule has 1 aromatic heterocycles. The molecule has 228 valence electrons. The Morgan fingerprint density at radius 3 is 1.32 bits per heavy atom. The van der Waals surface area contributed by atoms with E-state index < -0.39 is 0 Å². The van der Waals surface area contributed by atoms with Crippen molar-refractivity contribution in [2.24, 2.45) is 0 Å². The van der Waals surface area contributed by atoms with E-state index in [9.17, 15) is 0 Å². The van der Waals surface area contributed by atoms with Gasteiger partial charge in [0.25, 0.3) is 5.82 Å². The third kappa shape index (κ3) is 16.6. The standard InChI is InChI=1S/C38H67N2/c1-3-5-7-9-11-13-15-16-17-18-19-20-22-24-29-33-38-39(35-36-40(38)37-31-27-26-28-32-37)34-30-25-23-21-14-12-10-8-6-4-2/h26-28,31-32,35-36H,3-25,29-30,33-34H2,1-2H3/q+1. The minimum Gasteiger partial charge on any atom is -0.234 e. The third-order valence-corrected chi connectivity index (χ3v) is 8.80. The Kier molecular flexibility index (Phi) is 21.8. The van der Waals surface area contributed by atoms with Crippen molar-refractivity contribution in [1.29, 1.82) is 0 Å². The average Bonchev–Trinajstić information content (AvgIpc) is 3.39. The van der Waals surface area contributed by atoms with E-state index in [0.29, 0.717) is 0 Å². The van der Waals surface area contributed by atoms with Crippen LogP contribution in [-0.4, -0.2) is 4.57 Å². The molecule has 0 aliphatic rings. The Balaban J connectivity index is 1.60. The van der Waals surface area contributed by atoms with E-state index in [4.69, 9.17) is 0 Å². The molecule has 0 saturated heterocycles. The van der Waals surface area contributed by atoms with Gasteiger partial charge in [-0.1, -0.05) is 173 Å². The molecule has 0 fully saturated rings. The number of nitrogens with zero attached hydrogens (tertiary/aromatic N) is 2. The van der Waals surface area contributed by atoms with Crippen molar-refractivity contribution in [2.75, 3.05) is 0 Å². The zero-order chi connectivity index (χ0) is 28.4. The molecule has 0 unspecified atom stereocenters. The Hall–Kier alpha value is -1.57. The molecule has 2 aromatic rings. The molecule has 0 atom stereocenters. The van der Waals surface area contributed by atoms with E-state index in [-0.39, 0.29) is 0 Å². The molecule has 0 aliphatic carbocycles. The molecule has 0 saturated carbocycles. The van der Waals surface area contributed by atoms with Gasteiger partial charge in [-0.05, 0) is 31.4 Å². The van der Waals surface area contributed by atoms with Crippen LogP contribution in [0.25, 0.3) is 5.69 Å². The van der Waals surface area contributed by atoms with E-state index in [1.807, 2.05) is 0 Å². The van der Waals surface area contributed by atoms with Crippen LogP contribution in [0.4, 0.5) is 0 Å². The van der Waals surface area contributed by atoms with Crippen LogP contribution >= 0.6 is 0 Å². The van der Waals surface area contributed by atoms with Gasteiger partial charge >= 0.3 is 0 Å². The second-order valence-electron chi connectivity index (χ2n) is 12.5. The number of aryl methyl sites for hydroxylation is 1. The van der Waals surface area contributed by atoms with Gasteiger partial charge in [-0.3, -0.25) is 0 Å². The van der Waals surface area contributed by atoms with Crippen molar-refractivity contribution >= 4 is 0 Å². The normalized spacial score (nSPS) is 11.4. The molecule has 0 N–H and O–H groups in total. The summed E-state index contributed by atoms with van der Waals surface area (Å²) in [5.41, 5.74) is 1.31. The van der Waals surface area contributed by atoms with Crippen molar-refractivity contribution < 1.29 is 4.57 Å². The third-order valence-electron chi connectivity index (χ3n) is 8.80. The molecule has 40 heavy (non-hydrogen) atoms. The van der Waals surface area contributed by atoms with Crippen molar-refractivity contribution in [3.8, 4) is 5.69 Å². The van der Waals surface area contributed by atoms with Gasteiger partial charge in [-0.15, -0.1) is 0 Å². The van der Waals surface area contributed by atoms with Crippen molar-refractivity contribution in [3.05, 3.63) is 48.5 Å². The zero-order valence-electron chi connectivity index (χ0n) is 27.0. The summed E-state index contributed by atoms with van der Waals surface area (Å²) in [5.74, 6) is 1.50. The maximum absolute atomic E-state index is 2.56. The molecular weight excluding hydrogens is 484 g/mol.